The van der Waals surface area contributed by atoms with Crippen molar-refractivity contribution in [3.8, 4) is 5.75 Å². The second-order valence-corrected chi connectivity index (χ2v) is 7.87. The Hall–Kier alpha value is -1.57. The van der Waals surface area contributed by atoms with Gasteiger partial charge in [0, 0.05) is 40.3 Å². The number of rotatable bonds is 7. The zero-order valence-corrected chi connectivity index (χ0v) is 17.5. The van der Waals surface area contributed by atoms with Crippen molar-refractivity contribution in [1.29, 1.82) is 0 Å². The molecule has 2 heterocycles. The Bertz CT molecular complexity index is 852. The molecule has 3 N–H and O–H groups in total. The molecule has 27 heavy (non-hydrogen) atoms. The first-order valence-electron chi connectivity index (χ1n) is 8.53. The van der Waals surface area contributed by atoms with E-state index in [-0.39, 0.29) is 12.3 Å². The van der Waals surface area contributed by atoms with Gasteiger partial charge in [-0.15, -0.1) is 11.3 Å². The number of nitrogens with two attached hydrogens (primary N) is 1. The van der Waals surface area contributed by atoms with Crippen molar-refractivity contribution in [2.24, 2.45) is 10.7 Å². The van der Waals surface area contributed by atoms with Gasteiger partial charge in [0.15, 0.2) is 6.29 Å². The predicted octanol–water partition coefficient (Wildman–Crippen LogP) is 3.75. The third-order valence-electron chi connectivity index (χ3n) is 4.43. The number of benzene rings is 1. The van der Waals surface area contributed by atoms with Crippen LogP contribution in [0.15, 0.2) is 46.9 Å². The van der Waals surface area contributed by atoms with E-state index in [4.69, 9.17) is 38.7 Å². The van der Waals surface area contributed by atoms with E-state index in [0.29, 0.717) is 23.0 Å². The topological polar surface area (TPSA) is 62.9 Å². The highest BCUT2D eigenvalue weighted by molar-refractivity contribution is 7.12. The van der Waals surface area contributed by atoms with Gasteiger partial charge >= 0.3 is 0 Å². The van der Waals surface area contributed by atoms with Crippen molar-refractivity contribution < 1.29 is 4.74 Å². The van der Waals surface area contributed by atoms with Crippen molar-refractivity contribution in [2.45, 2.75) is 18.8 Å². The van der Waals surface area contributed by atoms with Crippen molar-refractivity contribution in [1.82, 2.24) is 10.2 Å². The minimum atomic E-state index is -0.210. The van der Waals surface area contributed by atoms with Crippen LogP contribution in [0.4, 0.5) is 0 Å². The van der Waals surface area contributed by atoms with Crippen LogP contribution >= 0.6 is 34.5 Å². The average Bonchev–Trinajstić information content (AvgIpc) is 3.16. The summed E-state index contributed by atoms with van der Waals surface area (Å²) in [5.74, 6) is 0.840. The minimum absolute atomic E-state index is 0.0422. The Morgan fingerprint density at radius 1 is 1.37 bits per heavy atom. The van der Waals surface area contributed by atoms with Crippen LogP contribution in [0.1, 0.15) is 10.4 Å². The maximum Gasteiger partial charge on any atom is 0.176 e. The summed E-state index contributed by atoms with van der Waals surface area (Å²) in [4.78, 5) is 8.02. The van der Waals surface area contributed by atoms with E-state index in [1.54, 1.807) is 24.5 Å². The highest BCUT2D eigenvalue weighted by Crippen LogP contribution is 2.26. The van der Waals surface area contributed by atoms with E-state index in [1.165, 1.54) is 0 Å². The van der Waals surface area contributed by atoms with Gasteiger partial charge in [0.2, 0.25) is 0 Å². The van der Waals surface area contributed by atoms with E-state index in [9.17, 15) is 0 Å². The Labute approximate surface area is 173 Å². The molecule has 1 aromatic carbocycles. The summed E-state index contributed by atoms with van der Waals surface area (Å²) in [7, 11) is 3.55. The second kappa shape index (κ2) is 9.08. The summed E-state index contributed by atoms with van der Waals surface area (Å²) >= 11 is 14.0. The first kappa shape index (κ1) is 20.2. The van der Waals surface area contributed by atoms with Crippen LogP contribution in [0, 0.1) is 0 Å². The van der Waals surface area contributed by atoms with Gasteiger partial charge in [-0.05, 0) is 37.2 Å². The fourth-order valence-corrected chi connectivity index (χ4v) is 4.29. The van der Waals surface area contributed by atoms with E-state index < -0.39 is 0 Å². The average molecular weight is 425 g/mol. The van der Waals surface area contributed by atoms with E-state index >= 15 is 0 Å². The van der Waals surface area contributed by atoms with Crippen LogP contribution < -0.4 is 15.8 Å². The van der Waals surface area contributed by atoms with Gasteiger partial charge in [0.1, 0.15) is 5.75 Å². The fourth-order valence-electron chi connectivity index (χ4n) is 2.97. The molecule has 1 aromatic heterocycles. The summed E-state index contributed by atoms with van der Waals surface area (Å²) in [6.07, 6.45) is 4.53. The number of thiophene rings is 1. The van der Waals surface area contributed by atoms with Crippen LogP contribution in [0.2, 0.25) is 10.0 Å². The normalized spacial score (nSPS) is 17.7. The number of nitrogens with one attached hydrogen (secondary N) is 1. The van der Waals surface area contributed by atoms with Crippen LogP contribution in [0.25, 0.3) is 0 Å². The van der Waals surface area contributed by atoms with Crippen molar-refractivity contribution in [3.63, 3.8) is 0 Å². The van der Waals surface area contributed by atoms with Crippen molar-refractivity contribution in [2.75, 3.05) is 20.7 Å². The molecular weight excluding hydrogens is 403 g/mol. The monoisotopic (exact) mass is 424 g/mol. The lowest BCUT2D eigenvalue weighted by molar-refractivity contribution is 0.185. The lowest BCUT2D eigenvalue weighted by Gasteiger charge is -2.37. The number of aliphatic imine (C=N–C) groups is 1. The number of nitrogens with zero attached hydrogens (tertiary/aromatic N) is 2. The Morgan fingerprint density at radius 3 is 2.81 bits per heavy atom. The minimum Gasteiger partial charge on any atom is -0.496 e. The standard InChI is InChI=1S/C19H22Cl2N4OS/c1-23-19-24-17(18-9-15(26-2)11-27-18)5-6-25(19)14(10-22)7-12-3-4-13(20)8-16(12)21/h3-6,8-9,11,14,19,23H,7,10,22H2,1-2H3/t14-,19?/m0/s1. The van der Waals surface area contributed by atoms with Crippen LogP contribution in [0.5, 0.6) is 5.75 Å². The molecule has 144 valence electrons. The van der Waals surface area contributed by atoms with E-state index in [1.807, 2.05) is 42.9 Å². The SMILES string of the molecule is CNC1N=C(c2cc(OC)cs2)C=CN1[C@H](CN)Cc1ccc(Cl)cc1Cl. The molecule has 5 nitrogen and oxygen atoms in total. The third-order valence-corrected chi connectivity index (χ3v) is 5.95. The summed E-state index contributed by atoms with van der Waals surface area (Å²) < 4.78 is 5.27. The molecular formula is C19H22Cl2N4OS. The molecule has 1 aliphatic rings. The largest absolute Gasteiger partial charge is 0.496 e. The van der Waals surface area contributed by atoms with Gasteiger partial charge in [-0.2, -0.15) is 0 Å². The summed E-state index contributed by atoms with van der Waals surface area (Å²) in [5.41, 5.74) is 8.01. The molecule has 0 amide bonds. The molecule has 0 spiro atoms. The third kappa shape index (κ3) is 4.65. The first-order chi connectivity index (χ1) is 13.0. The van der Waals surface area contributed by atoms with Gasteiger partial charge in [-0.1, -0.05) is 29.3 Å². The molecule has 8 heteroatoms. The number of halogens is 2. The lowest BCUT2D eigenvalue weighted by atomic mass is 10.0. The van der Waals surface area contributed by atoms with Crippen molar-refractivity contribution >= 4 is 40.3 Å². The Balaban J connectivity index is 1.79. The molecule has 1 unspecified atom stereocenters. The smallest absolute Gasteiger partial charge is 0.176 e. The molecule has 0 saturated carbocycles. The zero-order chi connectivity index (χ0) is 19.4. The second-order valence-electron chi connectivity index (χ2n) is 6.12. The Kier molecular flexibility index (Phi) is 6.78. The first-order valence-corrected chi connectivity index (χ1v) is 10.2. The lowest BCUT2D eigenvalue weighted by Crippen LogP contribution is -2.50. The molecule has 1 aliphatic heterocycles. The molecule has 2 aromatic rings. The fraction of sp³-hybridized carbons (Fsp3) is 0.316. The number of methoxy groups -OCH3 is 1. The maximum atomic E-state index is 6.34. The predicted molar refractivity (Wildman–Crippen MR) is 114 cm³/mol. The molecule has 0 aliphatic carbocycles. The van der Waals surface area contributed by atoms with E-state index in [2.05, 4.69) is 10.2 Å². The molecule has 0 radical (unpaired) electrons. The van der Waals surface area contributed by atoms with E-state index in [0.717, 1.165) is 21.9 Å². The van der Waals surface area contributed by atoms with Crippen LogP contribution in [-0.2, 0) is 6.42 Å². The number of allylic oxidation sites excluding steroid dienone is 1. The molecule has 0 saturated heterocycles. The number of hydrogen-bond donors (Lipinski definition) is 2. The van der Waals surface area contributed by atoms with Gasteiger partial charge in [-0.25, -0.2) is 4.99 Å². The highest BCUT2D eigenvalue weighted by atomic mass is 35.5. The number of hydrogen-bond acceptors (Lipinski definition) is 6. The van der Waals surface area contributed by atoms with Gasteiger partial charge in [0.25, 0.3) is 0 Å². The van der Waals surface area contributed by atoms with Gasteiger partial charge in [0.05, 0.1) is 17.7 Å². The van der Waals surface area contributed by atoms with Crippen LogP contribution in [-0.4, -0.2) is 43.6 Å². The molecule has 2 atom stereocenters. The summed E-state index contributed by atoms with van der Waals surface area (Å²) in [5, 5.41) is 6.50. The van der Waals surface area contributed by atoms with Gasteiger partial charge in [-0.3, -0.25) is 5.32 Å². The molecule has 0 bridgehead atoms. The summed E-state index contributed by atoms with van der Waals surface area (Å²) in [6, 6.07) is 7.58. The van der Waals surface area contributed by atoms with Gasteiger partial charge < -0.3 is 15.4 Å². The van der Waals surface area contributed by atoms with Crippen molar-refractivity contribution in [3.05, 3.63) is 62.4 Å². The highest BCUT2D eigenvalue weighted by Gasteiger charge is 2.25. The molecule has 0 fully saturated rings. The number of ether oxygens (including phenoxy) is 1. The van der Waals surface area contributed by atoms with Crippen LogP contribution in [0.3, 0.4) is 0 Å². The maximum absolute atomic E-state index is 6.34. The summed E-state index contributed by atoms with van der Waals surface area (Å²) in [6.45, 7) is 0.471. The quantitative estimate of drug-likeness (QED) is 0.709. The molecule has 3 rings (SSSR count). The Morgan fingerprint density at radius 2 is 2.19 bits per heavy atom. The zero-order valence-electron chi connectivity index (χ0n) is 15.2.